The maximum absolute atomic E-state index is 12.5. The van der Waals surface area contributed by atoms with Gasteiger partial charge in [0.2, 0.25) is 0 Å². The fourth-order valence-electron chi connectivity index (χ4n) is 2.14. The molecule has 0 aliphatic rings. The average Bonchev–Trinajstić information content (AvgIpc) is 2.68. The van der Waals surface area contributed by atoms with Crippen LogP contribution in [0.3, 0.4) is 0 Å². The molecule has 0 saturated heterocycles. The van der Waals surface area contributed by atoms with Crippen LogP contribution in [-0.4, -0.2) is 24.9 Å². The molecular formula is C19H17Cl2F3N2OS2. The lowest BCUT2D eigenvalue weighted by Gasteiger charge is -2.14. The Labute approximate surface area is 185 Å². The molecule has 0 aliphatic heterocycles. The quantitative estimate of drug-likeness (QED) is 0.240. The number of alkyl halides is 3. The second kappa shape index (κ2) is 10.5. The summed E-state index contributed by atoms with van der Waals surface area (Å²) in [6.07, 6.45) is -2.91. The van der Waals surface area contributed by atoms with Gasteiger partial charge in [-0.05, 0) is 61.0 Å². The van der Waals surface area contributed by atoms with E-state index in [0.29, 0.717) is 5.69 Å². The maximum Gasteiger partial charge on any atom is 0.412 e. The fourth-order valence-corrected chi connectivity index (χ4v) is 3.55. The van der Waals surface area contributed by atoms with Gasteiger partial charge < -0.3 is 10.0 Å². The van der Waals surface area contributed by atoms with Crippen molar-refractivity contribution in [2.75, 3.05) is 17.5 Å². The van der Waals surface area contributed by atoms with E-state index < -0.39 is 24.1 Å². The maximum atomic E-state index is 12.5. The lowest BCUT2D eigenvalue weighted by molar-refractivity contribution is -0.0934. The summed E-state index contributed by atoms with van der Waals surface area (Å²) in [5.41, 5.74) is -0.342. The Morgan fingerprint density at radius 2 is 1.69 bits per heavy atom. The lowest BCUT2D eigenvalue weighted by atomic mass is 10.1. The molecule has 0 atom stereocenters. The molecule has 3 nitrogen and oxygen atoms in total. The first-order valence-electron chi connectivity index (χ1n) is 8.21. The van der Waals surface area contributed by atoms with Gasteiger partial charge in [-0.15, -0.1) is 11.8 Å². The van der Waals surface area contributed by atoms with E-state index in [1.54, 1.807) is 11.8 Å². The Balaban J connectivity index is 2.09. The van der Waals surface area contributed by atoms with Crippen molar-refractivity contribution in [1.29, 1.82) is 0 Å². The van der Waals surface area contributed by atoms with Crippen molar-refractivity contribution in [3.8, 4) is 0 Å². The monoisotopic (exact) mass is 480 g/mol. The number of benzene rings is 2. The summed E-state index contributed by atoms with van der Waals surface area (Å²) in [5, 5.41) is 2.86. The van der Waals surface area contributed by atoms with Crippen LogP contribution < -0.4 is 10.0 Å². The van der Waals surface area contributed by atoms with Crippen LogP contribution in [0.2, 0.25) is 10.0 Å². The molecule has 0 spiro atoms. The van der Waals surface area contributed by atoms with E-state index >= 15 is 0 Å². The molecule has 29 heavy (non-hydrogen) atoms. The molecule has 0 fully saturated rings. The number of rotatable bonds is 8. The van der Waals surface area contributed by atoms with Gasteiger partial charge in [0, 0.05) is 21.9 Å². The van der Waals surface area contributed by atoms with Gasteiger partial charge in [-0.3, -0.25) is 4.79 Å². The number of nitrogens with one attached hydrogen (secondary N) is 2. The van der Waals surface area contributed by atoms with Gasteiger partial charge in [-0.25, -0.2) is 0 Å². The van der Waals surface area contributed by atoms with Crippen molar-refractivity contribution < 1.29 is 18.0 Å². The van der Waals surface area contributed by atoms with Crippen LogP contribution in [0.25, 0.3) is 0 Å². The molecule has 156 valence electrons. The molecule has 0 saturated carbocycles. The van der Waals surface area contributed by atoms with E-state index in [0.717, 1.165) is 9.79 Å². The van der Waals surface area contributed by atoms with E-state index in [-0.39, 0.29) is 22.2 Å². The minimum atomic E-state index is -4.48. The summed E-state index contributed by atoms with van der Waals surface area (Å²) in [4.78, 5) is 14.5. The van der Waals surface area contributed by atoms with Crippen molar-refractivity contribution in [3.05, 3.63) is 64.2 Å². The van der Waals surface area contributed by atoms with Crippen molar-refractivity contribution in [2.24, 2.45) is 0 Å². The Morgan fingerprint density at radius 1 is 1.10 bits per heavy atom. The van der Waals surface area contributed by atoms with E-state index in [9.17, 15) is 18.0 Å². The molecule has 0 radical (unpaired) electrons. The van der Waals surface area contributed by atoms with Crippen molar-refractivity contribution in [3.63, 3.8) is 0 Å². The van der Waals surface area contributed by atoms with Crippen LogP contribution >= 0.6 is 46.9 Å². The molecule has 2 aromatic carbocycles. The molecule has 1 amide bonds. The third-order valence-electron chi connectivity index (χ3n) is 3.76. The van der Waals surface area contributed by atoms with Crippen LogP contribution in [0.5, 0.6) is 0 Å². The SMILES string of the molecule is C=C(CCNC(=O)c1cc(Cl)c(Cl)cc1NSc1ccc(SC)cc1)C(F)(F)F. The number of thioether (sulfide) groups is 1. The van der Waals surface area contributed by atoms with Crippen LogP contribution in [0, 0.1) is 0 Å². The second-order valence-electron chi connectivity index (χ2n) is 5.80. The lowest BCUT2D eigenvalue weighted by Crippen LogP contribution is -2.27. The Bertz CT molecular complexity index is 890. The first-order chi connectivity index (χ1) is 13.6. The normalized spacial score (nSPS) is 11.2. The molecule has 0 aliphatic carbocycles. The van der Waals surface area contributed by atoms with E-state index in [2.05, 4.69) is 16.6 Å². The highest BCUT2D eigenvalue weighted by Crippen LogP contribution is 2.32. The third kappa shape index (κ3) is 7.06. The van der Waals surface area contributed by atoms with Gasteiger partial charge >= 0.3 is 6.18 Å². The van der Waals surface area contributed by atoms with Gasteiger partial charge in [0.1, 0.15) is 0 Å². The zero-order chi connectivity index (χ0) is 21.6. The zero-order valence-corrected chi connectivity index (χ0v) is 18.3. The Kier molecular flexibility index (Phi) is 8.63. The molecule has 0 bridgehead atoms. The zero-order valence-electron chi connectivity index (χ0n) is 15.2. The van der Waals surface area contributed by atoms with E-state index in [1.807, 2.05) is 30.5 Å². The summed E-state index contributed by atoms with van der Waals surface area (Å²) >= 11 is 15.0. The third-order valence-corrected chi connectivity index (χ3v) is 6.05. The minimum absolute atomic E-state index is 0.163. The van der Waals surface area contributed by atoms with Gasteiger partial charge in [0.15, 0.2) is 0 Å². The highest BCUT2D eigenvalue weighted by atomic mass is 35.5. The summed E-state index contributed by atoms with van der Waals surface area (Å²) in [7, 11) is 0. The van der Waals surface area contributed by atoms with E-state index in [4.69, 9.17) is 23.2 Å². The number of hydrogen-bond acceptors (Lipinski definition) is 4. The molecule has 0 unspecified atom stereocenters. The molecule has 10 heteroatoms. The number of carbonyl (C=O) groups is 1. The Hall–Kier alpha value is -1.48. The number of anilines is 1. The molecule has 2 rings (SSSR count). The molecule has 2 aromatic rings. The van der Waals surface area contributed by atoms with Crippen molar-refractivity contribution in [1.82, 2.24) is 5.32 Å². The van der Waals surface area contributed by atoms with Crippen LogP contribution in [-0.2, 0) is 0 Å². The first-order valence-corrected chi connectivity index (χ1v) is 11.0. The molecule has 2 N–H and O–H groups in total. The number of amides is 1. The van der Waals surface area contributed by atoms with Crippen LogP contribution in [0.15, 0.2) is 58.3 Å². The molecule has 0 aromatic heterocycles. The summed E-state index contributed by atoms with van der Waals surface area (Å²) in [6, 6.07) is 10.6. The number of carbonyl (C=O) groups excluding carboxylic acids is 1. The van der Waals surface area contributed by atoms with Crippen LogP contribution in [0.1, 0.15) is 16.8 Å². The Morgan fingerprint density at radius 3 is 2.28 bits per heavy atom. The van der Waals surface area contributed by atoms with Gasteiger partial charge in [-0.1, -0.05) is 29.8 Å². The minimum Gasteiger partial charge on any atom is -0.352 e. The molecule has 0 heterocycles. The predicted molar refractivity (Wildman–Crippen MR) is 116 cm³/mol. The smallest absolute Gasteiger partial charge is 0.352 e. The van der Waals surface area contributed by atoms with Crippen molar-refractivity contribution in [2.45, 2.75) is 22.4 Å². The topological polar surface area (TPSA) is 41.1 Å². The van der Waals surface area contributed by atoms with E-state index in [1.165, 1.54) is 24.1 Å². The first kappa shape index (κ1) is 23.8. The van der Waals surface area contributed by atoms with Gasteiger partial charge in [0.05, 0.1) is 21.3 Å². The standard InChI is InChI=1S/C19H17Cl2F3N2OS2/c1-11(19(22,23)24)7-8-25-18(27)14-9-15(20)16(21)10-17(14)26-29-13-5-3-12(28-2)4-6-13/h3-6,9-10,26H,1,7-8H2,2H3,(H,25,27). The van der Waals surface area contributed by atoms with Gasteiger partial charge in [0.25, 0.3) is 5.91 Å². The average molecular weight is 481 g/mol. The predicted octanol–water partition coefficient (Wildman–Crippen LogP) is 7.07. The summed E-state index contributed by atoms with van der Waals surface area (Å²) in [6.45, 7) is 2.77. The second-order valence-corrected chi connectivity index (χ2v) is 8.37. The fraction of sp³-hybridized carbons (Fsp3) is 0.211. The molecular weight excluding hydrogens is 464 g/mol. The highest BCUT2D eigenvalue weighted by Gasteiger charge is 2.31. The largest absolute Gasteiger partial charge is 0.412 e. The van der Waals surface area contributed by atoms with Gasteiger partial charge in [-0.2, -0.15) is 13.2 Å². The number of halogens is 5. The summed E-state index contributed by atoms with van der Waals surface area (Å²) < 4.78 is 40.6. The summed E-state index contributed by atoms with van der Waals surface area (Å²) in [5.74, 6) is -0.570. The van der Waals surface area contributed by atoms with Crippen molar-refractivity contribution >= 4 is 58.5 Å². The highest BCUT2D eigenvalue weighted by molar-refractivity contribution is 8.00. The van der Waals surface area contributed by atoms with Crippen LogP contribution in [0.4, 0.5) is 18.9 Å². The number of hydrogen-bond donors (Lipinski definition) is 2.